The number of aliphatic hydroxyl groups excluding tert-OH is 1. The monoisotopic (exact) mass is 418 g/mol. The molecule has 3 N–H and O–H groups in total. The maximum absolute atomic E-state index is 13.6. The number of amides is 1. The number of fused-ring (bicyclic) bond motifs is 1. The summed E-state index contributed by atoms with van der Waals surface area (Å²) in [4.78, 5) is 13.6. The summed E-state index contributed by atoms with van der Waals surface area (Å²) in [5.41, 5.74) is 2.49. The lowest BCUT2D eigenvalue weighted by Gasteiger charge is -2.46. The Kier molecular flexibility index (Phi) is 7.14. The van der Waals surface area contributed by atoms with E-state index < -0.39 is 11.0 Å². The van der Waals surface area contributed by atoms with Crippen molar-refractivity contribution in [3.63, 3.8) is 0 Å². The fourth-order valence-electron chi connectivity index (χ4n) is 4.60. The second kappa shape index (κ2) is 9.63. The minimum atomic E-state index is -1.02. The van der Waals surface area contributed by atoms with Crippen LogP contribution in [0.2, 0.25) is 0 Å². The van der Waals surface area contributed by atoms with Crippen LogP contribution in [0.3, 0.4) is 0 Å². The average molecular weight is 419 g/mol. The van der Waals surface area contributed by atoms with E-state index in [1.54, 1.807) is 0 Å². The highest BCUT2D eigenvalue weighted by atomic mass is 16.3. The van der Waals surface area contributed by atoms with Gasteiger partial charge < -0.3 is 10.4 Å². The molecular weight excluding hydrogens is 384 g/mol. The molecule has 3 rings (SSSR count). The van der Waals surface area contributed by atoms with Crippen LogP contribution in [0.5, 0.6) is 0 Å². The zero-order valence-corrected chi connectivity index (χ0v) is 18.8. The molecule has 31 heavy (non-hydrogen) atoms. The number of allylic oxidation sites excluding steroid dienone is 2. The zero-order valence-electron chi connectivity index (χ0n) is 18.8. The summed E-state index contributed by atoms with van der Waals surface area (Å²) < 4.78 is 0. The highest BCUT2D eigenvalue weighted by Gasteiger charge is 2.57. The molecule has 0 saturated heterocycles. The van der Waals surface area contributed by atoms with Gasteiger partial charge in [-0.3, -0.25) is 10.1 Å². The van der Waals surface area contributed by atoms with E-state index in [9.17, 15) is 9.90 Å². The Balaban J connectivity index is 2.05. The number of para-hydroxylation sites is 1. The SMILES string of the molecule is C=C[C@](C)(CCC=C(C)C)[C@@]1(N[C@H](CO)Cc2ccccc2)C(=O)Nc2ccccc21. The fourth-order valence-corrected chi connectivity index (χ4v) is 4.60. The maximum Gasteiger partial charge on any atom is 0.250 e. The molecule has 2 aromatic rings. The van der Waals surface area contributed by atoms with Crippen LogP contribution in [-0.2, 0) is 16.8 Å². The molecule has 3 atom stereocenters. The third kappa shape index (κ3) is 4.51. The number of benzene rings is 2. The van der Waals surface area contributed by atoms with Crippen LogP contribution in [0.15, 0.2) is 78.9 Å². The van der Waals surface area contributed by atoms with Crippen LogP contribution < -0.4 is 10.6 Å². The molecule has 1 aliphatic heterocycles. The van der Waals surface area contributed by atoms with Crippen molar-refractivity contribution >= 4 is 11.6 Å². The summed E-state index contributed by atoms with van der Waals surface area (Å²) in [7, 11) is 0. The van der Waals surface area contributed by atoms with Crippen LogP contribution in [0.4, 0.5) is 5.69 Å². The van der Waals surface area contributed by atoms with Gasteiger partial charge in [-0.2, -0.15) is 0 Å². The molecule has 0 bridgehead atoms. The molecule has 0 unspecified atom stereocenters. The number of rotatable bonds is 10. The number of hydrogen-bond donors (Lipinski definition) is 3. The predicted molar refractivity (Wildman–Crippen MR) is 128 cm³/mol. The van der Waals surface area contributed by atoms with Crippen molar-refractivity contribution < 1.29 is 9.90 Å². The van der Waals surface area contributed by atoms with Gasteiger partial charge in [0.1, 0.15) is 5.54 Å². The average Bonchev–Trinajstić information content (AvgIpc) is 3.06. The smallest absolute Gasteiger partial charge is 0.250 e. The Labute approximate surface area is 186 Å². The molecule has 164 valence electrons. The van der Waals surface area contributed by atoms with Gasteiger partial charge in [-0.15, -0.1) is 6.58 Å². The molecule has 1 amide bonds. The van der Waals surface area contributed by atoms with Crippen molar-refractivity contribution in [2.24, 2.45) is 5.41 Å². The van der Waals surface area contributed by atoms with Gasteiger partial charge in [0.2, 0.25) is 5.91 Å². The lowest BCUT2D eigenvalue weighted by molar-refractivity contribution is -0.127. The first kappa shape index (κ1) is 23.0. The summed E-state index contributed by atoms with van der Waals surface area (Å²) in [6, 6.07) is 17.6. The lowest BCUT2D eigenvalue weighted by Crippen LogP contribution is -2.62. The van der Waals surface area contributed by atoms with E-state index in [4.69, 9.17) is 0 Å². The Bertz CT molecular complexity index is 949. The summed E-state index contributed by atoms with van der Waals surface area (Å²) in [6.45, 7) is 10.3. The topological polar surface area (TPSA) is 61.4 Å². The number of nitrogens with one attached hydrogen (secondary N) is 2. The van der Waals surface area contributed by atoms with Crippen molar-refractivity contribution in [2.75, 3.05) is 11.9 Å². The highest BCUT2D eigenvalue weighted by Crippen LogP contribution is 2.51. The Morgan fingerprint density at radius 3 is 2.52 bits per heavy atom. The molecule has 1 heterocycles. The van der Waals surface area contributed by atoms with Crippen LogP contribution in [-0.4, -0.2) is 23.7 Å². The number of carbonyl (C=O) groups is 1. The molecule has 0 radical (unpaired) electrons. The zero-order chi connectivity index (χ0) is 22.5. The Morgan fingerprint density at radius 2 is 1.87 bits per heavy atom. The third-order valence-electron chi connectivity index (χ3n) is 6.41. The van der Waals surface area contributed by atoms with E-state index in [0.29, 0.717) is 6.42 Å². The normalized spacial score (nSPS) is 20.3. The van der Waals surface area contributed by atoms with Gasteiger partial charge in [0.15, 0.2) is 0 Å². The Hall–Kier alpha value is -2.69. The minimum absolute atomic E-state index is 0.0761. The lowest BCUT2D eigenvalue weighted by atomic mass is 9.64. The molecule has 0 aliphatic carbocycles. The quantitative estimate of drug-likeness (QED) is 0.478. The molecule has 4 heteroatoms. The van der Waals surface area contributed by atoms with E-state index in [-0.39, 0.29) is 18.6 Å². The van der Waals surface area contributed by atoms with Crippen molar-refractivity contribution in [3.8, 4) is 0 Å². The van der Waals surface area contributed by atoms with Gasteiger partial charge in [-0.25, -0.2) is 0 Å². The summed E-state index contributed by atoms with van der Waals surface area (Å²) in [5.74, 6) is -0.0974. The van der Waals surface area contributed by atoms with Crippen LogP contribution in [0, 0.1) is 5.41 Å². The minimum Gasteiger partial charge on any atom is -0.395 e. The van der Waals surface area contributed by atoms with Crippen molar-refractivity contribution in [3.05, 3.63) is 90.0 Å². The predicted octanol–water partition coefficient (Wildman–Crippen LogP) is 4.97. The molecule has 0 fully saturated rings. The first-order valence-corrected chi connectivity index (χ1v) is 11.0. The van der Waals surface area contributed by atoms with E-state index in [0.717, 1.165) is 29.7 Å². The van der Waals surface area contributed by atoms with E-state index in [2.05, 4.69) is 44.1 Å². The van der Waals surface area contributed by atoms with Gasteiger partial charge in [-0.1, -0.05) is 73.2 Å². The first-order valence-electron chi connectivity index (χ1n) is 11.0. The van der Waals surface area contributed by atoms with Crippen molar-refractivity contribution in [1.82, 2.24) is 5.32 Å². The molecule has 4 nitrogen and oxygen atoms in total. The molecular formula is C27H34N2O2. The Morgan fingerprint density at radius 1 is 1.19 bits per heavy atom. The van der Waals surface area contributed by atoms with E-state index in [1.165, 1.54) is 5.57 Å². The number of hydrogen-bond acceptors (Lipinski definition) is 3. The summed E-state index contributed by atoms with van der Waals surface area (Å²) in [5, 5.41) is 16.9. The van der Waals surface area contributed by atoms with Crippen LogP contribution >= 0.6 is 0 Å². The largest absolute Gasteiger partial charge is 0.395 e. The number of anilines is 1. The van der Waals surface area contributed by atoms with Crippen LogP contribution in [0.25, 0.3) is 0 Å². The maximum atomic E-state index is 13.6. The van der Waals surface area contributed by atoms with Crippen molar-refractivity contribution in [2.45, 2.75) is 51.6 Å². The van der Waals surface area contributed by atoms with E-state index in [1.807, 2.05) is 60.7 Å². The van der Waals surface area contributed by atoms with Gasteiger partial charge in [-0.05, 0) is 44.7 Å². The second-order valence-corrected chi connectivity index (χ2v) is 8.91. The van der Waals surface area contributed by atoms with Crippen molar-refractivity contribution in [1.29, 1.82) is 0 Å². The standard InChI is InChI=1S/C27H34N2O2/c1-5-26(4,17-11-12-20(2)3)27(23-15-9-10-16-24(23)28-25(27)31)29-22(19-30)18-21-13-7-6-8-14-21/h5-10,12-16,22,29-30H,1,11,17-19H2,2-4H3,(H,28,31)/t22-,26+,27-/m0/s1. The molecule has 1 aliphatic rings. The number of carbonyl (C=O) groups excluding carboxylic acids is 1. The molecule has 0 saturated carbocycles. The van der Waals surface area contributed by atoms with Gasteiger partial charge in [0.05, 0.1) is 6.61 Å². The molecule has 0 spiro atoms. The molecule has 2 aromatic carbocycles. The van der Waals surface area contributed by atoms with Gasteiger partial charge in [0.25, 0.3) is 0 Å². The second-order valence-electron chi connectivity index (χ2n) is 8.91. The highest BCUT2D eigenvalue weighted by molar-refractivity contribution is 6.06. The molecule has 0 aromatic heterocycles. The van der Waals surface area contributed by atoms with E-state index >= 15 is 0 Å². The summed E-state index contributed by atoms with van der Waals surface area (Å²) >= 11 is 0. The summed E-state index contributed by atoms with van der Waals surface area (Å²) in [6.07, 6.45) is 6.31. The first-order chi connectivity index (χ1) is 14.9. The fraction of sp³-hybridized carbons (Fsp3) is 0.370. The number of aliphatic hydroxyl groups is 1. The van der Waals surface area contributed by atoms with Gasteiger partial charge >= 0.3 is 0 Å². The van der Waals surface area contributed by atoms with Crippen LogP contribution in [0.1, 0.15) is 44.7 Å². The third-order valence-corrected chi connectivity index (χ3v) is 6.41. The van der Waals surface area contributed by atoms with Gasteiger partial charge in [0, 0.05) is 22.7 Å².